The molecule has 3 nitrogen and oxygen atoms in total. The van der Waals surface area contributed by atoms with Crippen molar-refractivity contribution in [2.24, 2.45) is 17.3 Å². The number of hydrogen-bond donors (Lipinski definition) is 1. The van der Waals surface area contributed by atoms with Gasteiger partial charge in [-0.1, -0.05) is 69.5 Å². The van der Waals surface area contributed by atoms with Crippen LogP contribution in [-0.4, -0.2) is 42.5 Å². The Bertz CT molecular complexity index is 1130. The molecule has 37 heavy (non-hydrogen) atoms. The van der Waals surface area contributed by atoms with Crippen LogP contribution in [0.5, 0.6) is 0 Å². The van der Waals surface area contributed by atoms with E-state index in [-0.39, 0.29) is 16.6 Å². The van der Waals surface area contributed by atoms with Crippen molar-refractivity contribution in [3.05, 3.63) is 83.6 Å². The zero-order valence-electron chi connectivity index (χ0n) is 23.5. The van der Waals surface area contributed by atoms with Gasteiger partial charge >= 0.3 is 0 Å². The van der Waals surface area contributed by atoms with E-state index in [9.17, 15) is 0 Å². The average molecular weight is 499 g/mol. The molecule has 3 aliphatic carbocycles. The molecule has 2 heterocycles. The topological polar surface area (TPSA) is 36.3 Å². The molecule has 1 N–H and O–H groups in total. The Labute approximate surface area is 224 Å². The molecule has 2 aliphatic heterocycles. The number of allylic oxidation sites excluding steroid dienone is 9. The van der Waals surface area contributed by atoms with E-state index < -0.39 is 0 Å². The number of fused-ring (bicyclic) bond motifs is 1. The third kappa shape index (κ3) is 4.33. The number of rotatable bonds is 8. The summed E-state index contributed by atoms with van der Waals surface area (Å²) in [6.45, 7) is 13.0. The van der Waals surface area contributed by atoms with Crippen LogP contribution < -0.4 is 0 Å². The lowest BCUT2D eigenvalue weighted by Gasteiger charge is -2.55. The van der Waals surface area contributed by atoms with Crippen LogP contribution >= 0.6 is 0 Å². The smallest absolute Gasteiger partial charge is 0.0974 e. The van der Waals surface area contributed by atoms with Gasteiger partial charge < -0.3 is 15.0 Å². The fourth-order valence-corrected chi connectivity index (χ4v) is 8.42. The second-order valence-electron chi connectivity index (χ2n) is 12.7. The van der Waals surface area contributed by atoms with Crippen LogP contribution in [-0.2, 0) is 4.74 Å². The fraction of sp³-hybridized carbons (Fsp3) is 0.559. The number of nitrogens with one attached hydrogen (secondary N) is 1. The molecule has 1 saturated heterocycles. The van der Waals surface area contributed by atoms with E-state index in [2.05, 4.69) is 88.5 Å². The summed E-state index contributed by atoms with van der Waals surface area (Å²) >= 11 is 0. The summed E-state index contributed by atoms with van der Waals surface area (Å²) < 4.78 is 7.44. The van der Waals surface area contributed by atoms with Crippen LogP contribution in [0.3, 0.4) is 0 Å². The summed E-state index contributed by atoms with van der Waals surface area (Å²) in [5.41, 5.74) is 6.01. The highest BCUT2D eigenvalue weighted by Crippen LogP contribution is 2.68. The van der Waals surface area contributed by atoms with E-state index in [1.54, 1.807) is 5.57 Å². The summed E-state index contributed by atoms with van der Waals surface area (Å²) in [4.78, 5) is 2.41. The second-order valence-corrected chi connectivity index (χ2v) is 12.7. The van der Waals surface area contributed by atoms with E-state index in [1.165, 1.54) is 36.6 Å². The molecule has 5 rings (SSSR count). The molecule has 2 spiro atoms. The van der Waals surface area contributed by atoms with Crippen molar-refractivity contribution in [1.82, 2.24) is 4.90 Å². The molecular weight excluding hydrogens is 452 g/mol. The highest BCUT2D eigenvalue weighted by Gasteiger charge is 2.66. The Hall–Kier alpha value is -2.23. The standard InChI is InChI=1S/C34H46N2O/c1-7-8-9-24(2)10-11-26(20-25(3)23-35)30-14-15-31-32(30,4)17-16-28-21-27-12-13-29(36(5)6)22-33(27)18-19-34(28,31)37-33/h8-11,16,20-21,23,29-31,35H,2-3,7,12-15,17-19,22H2,1,4-6H3/b9-8-,11-10-,26-20+,35-23?/t29-,30+,31+,32+,33+,34+/m0/s1. The first kappa shape index (κ1) is 26.4. The van der Waals surface area contributed by atoms with Crippen molar-refractivity contribution in [2.45, 2.75) is 88.9 Å². The van der Waals surface area contributed by atoms with E-state index >= 15 is 0 Å². The molecule has 0 aromatic rings. The van der Waals surface area contributed by atoms with Gasteiger partial charge in [-0.05, 0) is 117 Å². The minimum absolute atomic E-state index is 0.0583. The number of hydrogen-bond acceptors (Lipinski definition) is 3. The number of ether oxygens (including phenoxy) is 1. The van der Waals surface area contributed by atoms with Gasteiger partial charge in [-0.25, -0.2) is 0 Å². The molecule has 0 radical (unpaired) electrons. The lowest BCUT2D eigenvalue weighted by molar-refractivity contribution is -0.140. The molecule has 3 fully saturated rings. The summed E-state index contributed by atoms with van der Waals surface area (Å²) in [7, 11) is 4.45. The second kappa shape index (κ2) is 9.82. The Morgan fingerprint density at radius 3 is 2.68 bits per heavy atom. The van der Waals surface area contributed by atoms with Crippen LogP contribution in [0.25, 0.3) is 0 Å². The van der Waals surface area contributed by atoms with Gasteiger partial charge in [0.05, 0.1) is 11.2 Å². The van der Waals surface area contributed by atoms with E-state index in [0.29, 0.717) is 17.9 Å². The van der Waals surface area contributed by atoms with E-state index in [0.717, 1.165) is 49.7 Å². The largest absolute Gasteiger partial charge is 0.359 e. The zero-order valence-corrected chi connectivity index (χ0v) is 23.5. The molecule has 6 atom stereocenters. The van der Waals surface area contributed by atoms with Crippen LogP contribution in [0, 0.1) is 22.7 Å². The van der Waals surface area contributed by atoms with Gasteiger partial charge in [0.2, 0.25) is 0 Å². The molecule has 0 aromatic heterocycles. The van der Waals surface area contributed by atoms with Crippen LogP contribution in [0.15, 0.2) is 83.6 Å². The van der Waals surface area contributed by atoms with Gasteiger partial charge in [-0.15, -0.1) is 0 Å². The predicted molar refractivity (Wildman–Crippen MR) is 156 cm³/mol. The van der Waals surface area contributed by atoms with Gasteiger partial charge in [-0.3, -0.25) is 0 Å². The minimum Gasteiger partial charge on any atom is -0.359 e. The van der Waals surface area contributed by atoms with E-state index in [1.807, 2.05) is 0 Å². The maximum Gasteiger partial charge on any atom is 0.0974 e. The highest BCUT2D eigenvalue weighted by molar-refractivity contribution is 5.79. The van der Waals surface area contributed by atoms with Gasteiger partial charge in [0, 0.05) is 12.3 Å². The third-order valence-electron chi connectivity index (χ3n) is 10.4. The van der Waals surface area contributed by atoms with Crippen molar-refractivity contribution in [3.8, 4) is 0 Å². The van der Waals surface area contributed by atoms with E-state index in [4.69, 9.17) is 10.1 Å². The van der Waals surface area contributed by atoms with Gasteiger partial charge in [-0.2, -0.15) is 0 Å². The third-order valence-corrected chi connectivity index (χ3v) is 10.4. The Morgan fingerprint density at radius 1 is 1.14 bits per heavy atom. The Balaban J connectivity index is 1.49. The van der Waals surface area contributed by atoms with Crippen LogP contribution in [0.1, 0.15) is 71.6 Å². The van der Waals surface area contributed by atoms with Crippen molar-refractivity contribution in [2.75, 3.05) is 14.1 Å². The SMILES string of the molecule is C=C(/C=C\CC)/C=C\C(=C/C(=C)C=N)[C@H]1CC[C@@H]2[C@]1(C)CC=C1C=C3CC[C@H](N(C)C)C[C@]34CC[C@@]12O4. The maximum atomic E-state index is 7.77. The first-order chi connectivity index (χ1) is 17.7. The molecule has 3 heteroatoms. The highest BCUT2D eigenvalue weighted by atomic mass is 16.5. The molecule has 0 amide bonds. The van der Waals surface area contributed by atoms with Crippen molar-refractivity contribution < 1.29 is 4.74 Å². The van der Waals surface area contributed by atoms with Crippen LogP contribution in [0.2, 0.25) is 0 Å². The molecular formula is C34H46N2O. The number of nitrogens with zero attached hydrogens (tertiary/aromatic N) is 1. The zero-order chi connectivity index (χ0) is 26.4. The Kier molecular flexibility index (Phi) is 7.00. The van der Waals surface area contributed by atoms with Gasteiger partial charge in [0.15, 0.2) is 0 Å². The first-order valence-electron chi connectivity index (χ1n) is 14.4. The molecule has 2 saturated carbocycles. The Morgan fingerprint density at radius 2 is 1.95 bits per heavy atom. The first-order valence-corrected chi connectivity index (χ1v) is 14.4. The van der Waals surface area contributed by atoms with Gasteiger partial charge in [0.25, 0.3) is 0 Å². The molecule has 2 bridgehead atoms. The van der Waals surface area contributed by atoms with Gasteiger partial charge in [0.1, 0.15) is 0 Å². The lowest BCUT2D eigenvalue weighted by Crippen LogP contribution is -2.55. The lowest BCUT2D eigenvalue weighted by atomic mass is 9.57. The molecule has 198 valence electrons. The predicted octanol–water partition coefficient (Wildman–Crippen LogP) is 7.90. The summed E-state index contributed by atoms with van der Waals surface area (Å²) in [6, 6.07) is 0.603. The van der Waals surface area contributed by atoms with Crippen molar-refractivity contribution in [1.29, 1.82) is 5.41 Å². The monoisotopic (exact) mass is 498 g/mol. The molecule has 5 aliphatic rings. The average Bonchev–Trinajstić information content (AvgIpc) is 3.39. The van der Waals surface area contributed by atoms with Crippen LogP contribution in [0.4, 0.5) is 0 Å². The quantitative estimate of drug-likeness (QED) is 0.273. The molecule has 0 aromatic carbocycles. The van der Waals surface area contributed by atoms with Crippen molar-refractivity contribution in [3.63, 3.8) is 0 Å². The summed E-state index contributed by atoms with van der Waals surface area (Å²) in [5, 5.41) is 7.77. The normalized spacial score (nSPS) is 38.8. The summed E-state index contributed by atoms with van der Waals surface area (Å²) in [6.07, 6.45) is 27.5. The maximum absolute atomic E-state index is 7.77. The summed E-state index contributed by atoms with van der Waals surface area (Å²) in [5.74, 6) is 0.919. The van der Waals surface area contributed by atoms with Crippen molar-refractivity contribution >= 4 is 6.21 Å². The molecule has 0 unspecified atom stereocenters. The fourth-order valence-electron chi connectivity index (χ4n) is 8.42. The minimum atomic E-state index is -0.139.